The highest BCUT2D eigenvalue weighted by molar-refractivity contribution is 5.91. The SMILES string of the molecule is O=C(CCNc1cccc(F)c1)Nc1c(F)cccc1F. The molecule has 0 saturated carbocycles. The predicted molar refractivity (Wildman–Crippen MR) is 74.5 cm³/mol. The summed E-state index contributed by atoms with van der Waals surface area (Å²) in [6, 6.07) is 9.11. The molecule has 0 spiro atoms. The molecule has 0 atom stereocenters. The molecule has 0 aliphatic carbocycles. The number of hydrogen-bond acceptors (Lipinski definition) is 2. The summed E-state index contributed by atoms with van der Waals surface area (Å²) in [7, 11) is 0. The number of hydrogen-bond donors (Lipinski definition) is 2. The molecule has 0 fully saturated rings. The molecular formula is C15H13F3N2O. The van der Waals surface area contributed by atoms with Crippen molar-refractivity contribution in [1.82, 2.24) is 0 Å². The van der Waals surface area contributed by atoms with Crippen molar-refractivity contribution < 1.29 is 18.0 Å². The van der Waals surface area contributed by atoms with Gasteiger partial charge in [-0.3, -0.25) is 4.79 Å². The van der Waals surface area contributed by atoms with E-state index in [1.807, 2.05) is 0 Å². The van der Waals surface area contributed by atoms with Gasteiger partial charge in [-0.05, 0) is 30.3 Å². The molecule has 2 aromatic carbocycles. The van der Waals surface area contributed by atoms with Gasteiger partial charge in [-0.25, -0.2) is 13.2 Å². The number of amides is 1. The second-order valence-corrected chi connectivity index (χ2v) is 4.33. The number of carbonyl (C=O) groups excluding carboxylic acids is 1. The fourth-order valence-corrected chi connectivity index (χ4v) is 1.74. The molecule has 6 heteroatoms. The van der Waals surface area contributed by atoms with Gasteiger partial charge in [0.25, 0.3) is 0 Å². The van der Waals surface area contributed by atoms with Crippen molar-refractivity contribution in [2.75, 3.05) is 17.2 Å². The second-order valence-electron chi connectivity index (χ2n) is 4.33. The molecule has 2 aromatic rings. The number of carbonyl (C=O) groups is 1. The van der Waals surface area contributed by atoms with E-state index in [2.05, 4.69) is 10.6 Å². The first-order valence-electron chi connectivity index (χ1n) is 6.29. The lowest BCUT2D eigenvalue weighted by molar-refractivity contribution is -0.116. The lowest BCUT2D eigenvalue weighted by atomic mass is 10.2. The van der Waals surface area contributed by atoms with Crippen LogP contribution in [0.25, 0.3) is 0 Å². The van der Waals surface area contributed by atoms with Gasteiger partial charge in [0.15, 0.2) is 0 Å². The van der Waals surface area contributed by atoms with E-state index in [-0.39, 0.29) is 13.0 Å². The molecule has 0 heterocycles. The largest absolute Gasteiger partial charge is 0.384 e. The van der Waals surface area contributed by atoms with Crippen LogP contribution in [0.2, 0.25) is 0 Å². The van der Waals surface area contributed by atoms with Crippen LogP contribution in [0, 0.1) is 17.5 Å². The Hall–Kier alpha value is -2.50. The zero-order chi connectivity index (χ0) is 15.2. The molecule has 0 aliphatic heterocycles. The van der Waals surface area contributed by atoms with E-state index >= 15 is 0 Å². The highest BCUT2D eigenvalue weighted by Gasteiger charge is 2.11. The Morgan fingerprint density at radius 3 is 2.33 bits per heavy atom. The molecular weight excluding hydrogens is 281 g/mol. The molecule has 3 nitrogen and oxygen atoms in total. The third-order valence-electron chi connectivity index (χ3n) is 2.73. The summed E-state index contributed by atoms with van der Waals surface area (Å²) in [4.78, 5) is 11.6. The van der Waals surface area contributed by atoms with Gasteiger partial charge in [0, 0.05) is 18.7 Å². The normalized spacial score (nSPS) is 10.2. The quantitative estimate of drug-likeness (QED) is 0.885. The molecule has 0 aromatic heterocycles. The average molecular weight is 294 g/mol. The van der Waals surface area contributed by atoms with Crippen LogP contribution < -0.4 is 10.6 Å². The van der Waals surface area contributed by atoms with Crippen molar-refractivity contribution in [3.05, 3.63) is 59.9 Å². The lowest BCUT2D eigenvalue weighted by Crippen LogP contribution is -2.17. The van der Waals surface area contributed by atoms with Crippen molar-refractivity contribution in [1.29, 1.82) is 0 Å². The molecule has 2 rings (SSSR count). The van der Waals surface area contributed by atoms with Gasteiger partial charge in [-0.15, -0.1) is 0 Å². The molecule has 2 N–H and O–H groups in total. The van der Waals surface area contributed by atoms with Crippen LogP contribution in [-0.2, 0) is 4.79 Å². The average Bonchev–Trinajstić information content (AvgIpc) is 2.43. The zero-order valence-electron chi connectivity index (χ0n) is 11.0. The van der Waals surface area contributed by atoms with E-state index in [0.717, 1.165) is 12.1 Å². The fraction of sp³-hybridized carbons (Fsp3) is 0.133. The predicted octanol–water partition coefficient (Wildman–Crippen LogP) is 3.54. The van der Waals surface area contributed by atoms with Gasteiger partial charge in [-0.1, -0.05) is 12.1 Å². The summed E-state index contributed by atoms with van der Waals surface area (Å²) in [5.41, 5.74) is 0.0631. The summed E-state index contributed by atoms with van der Waals surface area (Å²) < 4.78 is 39.6. The summed E-state index contributed by atoms with van der Waals surface area (Å²) in [5.74, 6) is -2.59. The zero-order valence-corrected chi connectivity index (χ0v) is 11.0. The van der Waals surface area contributed by atoms with Crippen molar-refractivity contribution in [3.8, 4) is 0 Å². The van der Waals surface area contributed by atoms with Crippen molar-refractivity contribution in [3.63, 3.8) is 0 Å². The third kappa shape index (κ3) is 4.24. The molecule has 0 bridgehead atoms. The summed E-state index contributed by atoms with van der Waals surface area (Å²) in [6.07, 6.45) is -0.00964. The van der Waals surface area contributed by atoms with Crippen molar-refractivity contribution in [2.24, 2.45) is 0 Å². The van der Waals surface area contributed by atoms with Crippen LogP contribution in [0.3, 0.4) is 0 Å². The van der Waals surface area contributed by atoms with Gasteiger partial charge >= 0.3 is 0 Å². The third-order valence-corrected chi connectivity index (χ3v) is 2.73. The summed E-state index contributed by atoms with van der Waals surface area (Å²) in [6.45, 7) is 0.214. The van der Waals surface area contributed by atoms with E-state index < -0.39 is 29.0 Å². The van der Waals surface area contributed by atoms with E-state index in [9.17, 15) is 18.0 Å². The maximum atomic E-state index is 13.3. The van der Waals surface area contributed by atoms with Crippen molar-refractivity contribution in [2.45, 2.75) is 6.42 Å². The first kappa shape index (κ1) is 14.9. The monoisotopic (exact) mass is 294 g/mol. The molecule has 1 amide bonds. The molecule has 0 radical (unpaired) electrons. The van der Waals surface area contributed by atoms with Gasteiger partial charge in [0.2, 0.25) is 5.91 Å². The maximum Gasteiger partial charge on any atom is 0.226 e. The van der Waals surface area contributed by atoms with E-state index in [1.54, 1.807) is 6.07 Å². The molecule has 110 valence electrons. The van der Waals surface area contributed by atoms with Crippen LogP contribution in [0.4, 0.5) is 24.5 Å². The van der Waals surface area contributed by atoms with Gasteiger partial charge in [-0.2, -0.15) is 0 Å². The molecule has 21 heavy (non-hydrogen) atoms. The van der Waals surface area contributed by atoms with E-state index in [1.165, 1.54) is 24.3 Å². The number of halogens is 3. The Labute approximate surface area is 119 Å². The topological polar surface area (TPSA) is 41.1 Å². The lowest BCUT2D eigenvalue weighted by Gasteiger charge is -2.09. The smallest absolute Gasteiger partial charge is 0.226 e. The molecule has 0 saturated heterocycles. The molecule has 0 aliphatic rings. The highest BCUT2D eigenvalue weighted by atomic mass is 19.1. The number of nitrogens with one attached hydrogen (secondary N) is 2. The Morgan fingerprint density at radius 1 is 1.00 bits per heavy atom. The Balaban J connectivity index is 1.85. The minimum Gasteiger partial charge on any atom is -0.384 e. The minimum absolute atomic E-state index is 0.00964. The van der Waals surface area contributed by atoms with Crippen LogP contribution in [0.1, 0.15) is 6.42 Å². The fourth-order valence-electron chi connectivity index (χ4n) is 1.74. The van der Waals surface area contributed by atoms with Crippen LogP contribution in [-0.4, -0.2) is 12.5 Å². The number of rotatable bonds is 5. The standard InChI is InChI=1S/C15H13F3N2O/c16-10-3-1-4-11(9-10)19-8-7-14(21)20-15-12(17)5-2-6-13(15)18/h1-6,9,19H,7-8H2,(H,20,21). The Kier molecular flexibility index (Phi) is 4.81. The van der Waals surface area contributed by atoms with Crippen molar-refractivity contribution >= 4 is 17.3 Å². The summed E-state index contributed by atoms with van der Waals surface area (Å²) >= 11 is 0. The minimum atomic E-state index is -0.832. The Morgan fingerprint density at radius 2 is 1.67 bits per heavy atom. The number of para-hydroxylation sites is 1. The van der Waals surface area contributed by atoms with Gasteiger partial charge < -0.3 is 10.6 Å². The number of benzene rings is 2. The second kappa shape index (κ2) is 6.78. The van der Waals surface area contributed by atoms with Crippen LogP contribution in [0.5, 0.6) is 0 Å². The first-order valence-corrected chi connectivity index (χ1v) is 6.29. The summed E-state index contributed by atoms with van der Waals surface area (Å²) in [5, 5.41) is 5.02. The van der Waals surface area contributed by atoms with E-state index in [0.29, 0.717) is 5.69 Å². The Bertz CT molecular complexity index is 626. The van der Waals surface area contributed by atoms with Gasteiger partial charge in [0.05, 0.1) is 0 Å². The highest BCUT2D eigenvalue weighted by Crippen LogP contribution is 2.18. The number of anilines is 2. The van der Waals surface area contributed by atoms with Crippen LogP contribution in [0.15, 0.2) is 42.5 Å². The van der Waals surface area contributed by atoms with E-state index in [4.69, 9.17) is 0 Å². The maximum absolute atomic E-state index is 13.3. The van der Waals surface area contributed by atoms with Crippen LogP contribution >= 0.6 is 0 Å². The van der Waals surface area contributed by atoms with Gasteiger partial charge in [0.1, 0.15) is 23.1 Å². The first-order chi connectivity index (χ1) is 10.1. The molecule has 0 unspecified atom stereocenters.